The number of allylic oxidation sites excluding steroid dienone is 4. The van der Waals surface area contributed by atoms with Crippen LogP contribution in [0.5, 0.6) is 0 Å². The van der Waals surface area contributed by atoms with E-state index in [1.165, 1.54) is 9.80 Å². The van der Waals surface area contributed by atoms with Crippen molar-refractivity contribution in [2.24, 2.45) is 5.92 Å². The number of carbonyl (C=O) groups excluding carboxylic acids is 3. The SMILES string of the molecule is C=CC1C=CC=CC1(Cl)[C@H]1[C@H](N2C(=O)OC[C@@H]2c2ccccc2)C(=O)N1[C@@H](CCC(=O)OC(C)(C)C)C(=O)O. The molecule has 1 aromatic carbocycles. The molecule has 1 aliphatic carbocycles. The summed E-state index contributed by atoms with van der Waals surface area (Å²) in [5.41, 5.74) is 0.0332. The number of halogens is 1. The number of β-lactam (4-membered cyclic amide) rings is 1. The van der Waals surface area contributed by atoms with Crippen molar-refractivity contribution in [1.29, 1.82) is 0 Å². The van der Waals surface area contributed by atoms with Crippen molar-refractivity contribution in [3.63, 3.8) is 0 Å². The van der Waals surface area contributed by atoms with Gasteiger partial charge >= 0.3 is 18.0 Å². The molecule has 2 heterocycles. The highest BCUT2D eigenvalue weighted by atomic mass is 35.5. The van der Waals surface area contributed by atoms with E-state index in [0.717, 1.165) is 5.56 Å². The standard InChI is InChI=1S/C29H33ClN2O7/c1-5-19-13-9-10-16-29(19,30)24-23(31-21(17-38-27(31)37)18-11-7-6-8-12-18)25(34)32(24)20(26(35)36)14-15-22(33)39-28(2,3)4/h5-13,16,19-21,23-24H,1,14-15,17H2,2-4H3,(H,35,36)/t19?,20-,21+,23-,24+,29?/m0/s1. The molecule has 0 aromatic heterocycles. The molecule has 39 heavy (non-hydrogen) atoms. The summed E-state index contributed by atoms with van der Waals surface area (Å²) in [6.45, 7) is 9.07. The molecule has 0 spiro atoms. The molecule has 2 aliphatic heterocycles. The summed E-state index contributed by atoms with van der Waals surface area (Å²) >= 11 is 7.25. The molecule has 208 valence electrons. The van der Waals surface area contributed by atoms with Gasteiger partial charge in [0.15, 0.2) is 0 Å². The van der Waals surface area contributed by atoms with Crippen molar-refractivity contribution in [3.8, 4) is 0 Å². The maximum atomic E-state index is 13.9. The van der Waals surface area contributed by atoms with Crippen LogP contribution in [0.15, 0.2) is 67.3 Å². The van der Waals surface area contributed by atoms with Crippen LogP contribution in [0.4, 0.5) is 4.79 Å². The average Bonchev–Trinajstić information content (AvgIpc) is 3.24. The molecule has 3 aliphatic rings. The fourth-order valence-electron chi connectivity index (χ4n) is 5.47. The normalized spacial score (nSPS) is 29.0. The van der Waals surface area contributed by atoms with Gasteiger partial charge in [0.2, 0.25) is 5.91 Å². The first-order chi connectivity index (χ1) is 18.4. The van der Waals surface area contributed by atoms with E-state index >= 15 is 0 Å². The molecule has 0 saturated carbocycles. The minimum atomic E-state index is -1.37. The average molecular weight is 557 g/mol. The first-order valence-electron chi connectivity index (χ1n) is 12.8. The molecular weight excluding hydrogens is 524 g/mol. The van der Waals surface area contributed by atoms with E-state index in [-0.39, 0.29) is 19.4 Å². The van der Waals surface area contributed by atoms with Gasteiger partial charge in [0.05, 0.1) is 17.0 Å². The van der Waals surface area contributed by atoms with Crippen molar-refractivity contribution < 1.29 is 33.8 Å². The van der Waals surface area contributed by atoms with Gasteiger partial charge in [-0.2, -0.15) is 0 Å². The van der Waals surface area contributed by atoms with Crippen LogP contribution in [0.3, 0.4) is 0 Å². The van der Waals surface area contributed by atoms with Gasteiger partial charge in [0.25, 0.3) is 0 Å². The van der Waals surface area contributed by atoms with E-state index in [2.05, 4.69) is 6.58 Å². The summed E-state index contributed by atoms with van der Waals surface area (Å²) in [6.07, 6.45) is 7.56. The number of aliphatic carboxylic acids is 1. The Kier molecular flexibility index (Phi) is 7.93. The smallest absolute Gasteiger partial charge is 0.411 e. The van der Waals surface area contributed by atoms with E-state index in [1.54, 1.807) is 45.1 Å². The molecule has 10 heteroatoms. The number of hydrogen-bond donors (Lipinski definition) is 1. The third-order valence-corrected chi connectivity index (χ3v) is 7.77. The number of benzene rings is 1. The number of rotatable bonds is 9. The number of alkyl halides is 1. The van der Waals surface area contributed by atoms with Gasteiger partial charge in [-0.15, -0.1) is 18.2 Å². The Bertz CT molecular complexity index is 1210. The van der Waals surface area contributed by atoms with Gasteiger partial charge < -0.3 is 19.5 Å². The van der Waals surface area contributed by atoms with Crippen LogP contribution in [-0.2, 0) is 23.9 Å². The Balaban J connectivity index is 1.72. The summed E-state index contributed by atoms with van der Waals surface area (Å²) in [4.78, 5) is 53.0. The zero-order chi connectivity index (χ0) is 28.5. The lowest BCUT2D eigenvalue weighted by Gasteiger charge is -2.58. The van der Waals surface area contributed by atoms with Gasteiger partial charge in [0.1, 0.15) is 24.3 Å². The van der Waals surface area contributed by atoms with Crippen LogP contribution in [0.2, 0.25) is 0 Å². The first kappa shape index (κ1) is 28.4. The van der Waals surface area contributed by atoms with Crippen LogP contribution in [-0.4, -0.2) is 74.1 Å². The first-order valence-corrected chi connectivity index (χ1v) is 13.2. The van der Waals surface area contributed by atoms with Crippen LogP contribution in [0.1, 0.15) is 45.2 Å². The van der Waals surface area contributed by atoms with Gasteiger partial charge in [-0.3, -0.25) is 14.5 Å². The molecular formula is C29H33ClN2O7. The number of carboxylic acids is 1. The number of ether oxygens (including phenoxy) is 2. The number of hydrogen-bond acceptors (Lipinski definition) is 6. The summed E-state index contributed by atoms with van der Waals surface area (Å²) in [5.74, 6) is -2.92. The van der Waals surface area contributed by atoms with E-state index in [4.69, 9.17) is 21.1 Å². The molecule has 1 aromatic rings. The fourth-order valence-corrected chi connectivity index (χ4v) is 5.93. The molecule has 6 atom stereocenters. The van der Waals surface area contributed by atoms with E-state index in [9.17, 15) is 24.3 Å². The molecule has 2 amide bonds. The number of cyclic esters (lactones) is 1. The number of carboxylic acid groups (broad SMARTS) is 1. The van der Waals surface area contributed by atoms with Crippen LogP contribution < -0.4 is 0 Å². The molecule has 4 rings (SSSR count). The van der Waals surface area contributed by atoms with Gasteiger partial charge in [-0.1, -0.05) is 60.7 Å². The van der Waals surface area contributed by atoms with E-state index in [0.29, 0.717) is 0 Å². The van der Waals surface area contributed by atoms with Gasteiger partial charge in [-0.25, -0.2) is 9.59 Å². The quantitative estimate of drug-likeness (QED) is 0.209. The molecule has 2 saturated heterocycles. The Morgan fingerprint density at radius 3 is 2.56 bits per heavy atom. The zero-order valence-electron chi connectivity index (χ0n) is 22.2. The number of esters is 1. The summed E-state index contributed by atoms with van der Waals surface area (Å²) < 4.78 is 10.7. The number of likely N-dealkylation sites (tertiary alicyclic amines) is 1. The number of nitrogens with zero attached hydrogens (tertiary/aromatic N) is 2. The molecule has 0 radical (unpaired) electrons. The van der Waals surface area contributed by atoms with Crippen molar-refractivity contribution >= 4 is 35.5 Å². The second-order valence-electron chi connectivity index (χ2n) is 10.9. The van der Waals surface area contributed by atoms with E-state index < -0.39 is 64.5 Å². The molecule has 0 bridgehead atoms. The summed E-state index contributed by atoms with van der Waals surface area (Å²) in [5, 5.41) is 10.2. The summed E-state index contributed by atoms with van der Waals surface area (Å²) in [7, 11) is 0. The predicted molar refractivity (Wildman–Crippen MR) is 144 cm³/mol. The predicted octanol–water partition coefficient (Wildman–Crippen LogP) is 4.24. The van der Waals surface area contributed by atoms with Crippen molar-refractivity contribution in [2.75, 3.05) is 6.61 Å². The molecule has 2 unspecified atom stereocenters. The van der Waals surface area contributed by atoms with Gasteiger partial charge in [-0.05, 0) is 32.8 Å². The highest BCUT2D eigenvalue weighted by Crippen LogP contribution is 2.48. The minimum absolute atomic E-state index is 0.0380. The lowest BCUT2D eigenvalue weighted by atomic mass is 9.72. The highest BCUT2D eigenvalue weighted by Gasteiger charge is 2.65. The lowest BCUT2D eigenvalue weighted by molar-refractivity contribution is -0.175. The summed E-state index contributed by atoms with van der Waals surface area (Å²) in [6, 6.07) is 5.18. The maximum Gasteiger partial charge on any atom is 0.411 e. The third-order valence-electron chi connectivity index (χ3n) is 7.16. The Morgan fingerprint density at radius 2 is 1.95 bits per heavy atom. The Labute approximate surface area is 232 Å². The number of carbonyl (C=O) groups is 4. The van der Waals surface area contributed by atoms with Crippen LogP contribution in [0.25, 0.3) is 0 Å². The fraction of sp³-hybridized carbons (Fsp3) is 0.448. The van der Waals surface area contributed by atoms with Crippen LogP contribution in [0, 0.1) is 5.92 Å². The van der Waals surface area contributed by atoms with Gasteiger partial charge in [0, 0.05) is 12.3 Å². The lowest BCUT2D eigenvalue weighted by Crippen LogP contribution is -2.79. The maximum absolute atomic E-state index is 13.9. The zero-order valence-corrected chi connectivity index (χ0v) is 22.9. The third kappa shape index (κ3) is 5.45. The van der Waals surface area contributed by atoms with Crippen molar-refractivity contribution in [3.05, 3.63) is 72.9 Å². The van der Waals surface area contributed by atoms with Crippen LogP contribution >= 0.6 is 11.6 Å². The second-order valence-corrected chi connectivity index (χ2v) is 11.5. The second kappa shape index (κ2) is 10.9. The monoisotopic (exact) mass is 556 g/mol. The molecule has 9 nitrogen and oxygen atoms in total. The highest BCUT2D eigenvalue weighted by molar-refractivity contribution is 6.27. The Hall–Kier alpha value is -3.59. The van der Waals surface area contributed by atoms with Crippen molar-refractivity contribution in [1.82, 2.24) is 9.80 Å². The van der Waals surface area contributed by atoms with E-state index in [1.807, 2.05) is 36.4 Å². The topological polar surface area (TPSA) is 113 Å². The largest absolute Gasteiger partial charge is 0.480 e. The Morgan fingerprint density at radius 1 is 1.26 bits per heavy atom. The number of amides is 2. The molecule has 2 fully saturated rings. The minimum Gasteiger partial charge on any atom is -0.480 e. The van der Waals surface area contributed by atoms with Crippen molar-refractivity contribution in [2.45, 2.75) is 68.3 Å². The molecule has 1 N–H and O–H groups in total.